The Morgan fingerprint density at radius 3 is 2.54 bits per heavy atom. The topological polar surface area (TPSA) is 55.7 Å². The summed E-state index contributed by atoms with van der Waals surface area (Å²) in [5.74, 6) is -0.413. The van der Waals surface area contributed by atoms with Gasteiger partial charge >= 0.3 is 5.97 Å². The summed E-state index contributed by atoms with van der Waals surface area (Å²) in [5.41, 5.74) is 1.20. The van der Waals surface area contributed by atoms with Gasteiger partial charge in [0.15, 0.2) is 0 Å². The van der Waals surface area contributed by atoms with Crippen LogP contribution < -0.4 is 0 Å². The van der Waals surface area contributed by atoms with Crippen LogP contribution in [0.25, 0.3) is 0 Å². The molecule has 2 aromatic rings. The van der Waals surface area contributed by atoms with E-state index < -0.39 is 21.7 Å². The minimum absolute atomic E-state index is 0.413. The fourth-order valence-electron chi connectivity index (χ4n) is 1.94. The normalized spacial score (nSPS) is 13.0. The number of nitrogens with zero attached hydrogens (tertiary/aromatic N) is 1. The molecular formula is C19H20ClNO3S2. The number of benzene rings is 2. The minimum atomic E-state index is -1.37. The van der Waals surface area contributed by atoms with E-state index in [1.54, 1.807) is 30.5 Å². The summed E-state index contributed by atoms with van der Waals surface area (Å²) >= 11 is 7.72. The molecule has 0 amide bonds. The molecule has 0 fully saturated rings. The molecule has 4 nitrogen and oxygen atoms in total. The summed E-state index contributed by atoms with van der Waals surface area (Å²) < 4.78 is 20.7. The van der Waals surface area contributed by atoms with Crippen molar-refractivity contribution in [2.75, 3.05) is 7.11 Å². The number of hydrogen-bond acceptors (Lipinski definition) is 4. The predicted molar refractivity (Wildman–Crippen MR) is 109 cm³/mol. The van der Waals surface area contributed by atoms with E-state index in [0.717, 1.165) is 15.4 Å². The van der Waals surface area contributed by atoms with Crippen LogP contribution >= 0.6 is 23.4 Å². The van der Waals surface area contributed by atoms with Crippen LogP contribution in [0, 0.1) is 0 Å². The second kappa shape index (κ2) is 8.84. The summed E-state index contributed by atoms with van der Waals surface area (Å²) in [6.45, 7) is 5.59. The highest BCUT2D eigenvalue weighted by molar-refractivity contribution is 7.99. The first kappa shape index (κ1) is 20.7. The van der Waals surface area contributed by atoms with Gasteiger partial charge in [0, 0.05) is 21.6 Å². The molecule has 0 saturated heterocycles. The number of carbonyl (C=O) groups is 1. The monoisotopic (exact) mass is 409 g/mol. The van der Waals surface area contributed by atoms with Crippen LogP contribution in [0.5, 0.6) is 0 Å². The van der Waals surface area contributed by atoms with Crippen molar-refractivity contribution in [1.29, 1.82) is 0 Å². The fraction of sp³-hybridized carbons (Fsp3) is 0.263. The van der Waals surface area contributed by atoms with Crippen molar-refractivity contribution in [3.63, 3.8) is 0 Å². The molecule has 0 bridgehead atoms. The van der Waals surface area contributed by atoms with Crippen molar-refractivity contribution in [3.8, 4) is 0 Å². The highest BCUT2D eigenvalue weighted by atomic mass is 35.5. The second-order valence-electron chi connectivity index (χ2n) is 6.34. The van der Waals surface area contributed by atoms with Gasteiger partial charge in [0.25, 0.3) is 0 Å². The summed E-state index contributed by atoms with van der Waals surface area (Å²) in [7, 11) is -0.0229. The van der Waals surface area contributed by atoms with Crippen LogP contribution in [-0.4, -0.2) is 28.2 Å². The molecule has 0 saturated carbocycles. The molecule has 0 heterocycles. The van der Waals surface area contributed by atoms with Gasteiger partial charge < -0.3 is 4.74 Å². The van der Waals surface area contributed by atoms with Crippen LogP contribution in [0.1, 0.15) is 36.7 Å². The summed E-state index contributed by atoms with van der Waals surface area (Å²) in [6.07, 6.45) is 1.57. The maximum atomic E-state index is 12.2. The Hall–Kier alpha value is -1.63. The van der Waals surface area contributed by atoms with Crippen LogP contribution in [0.4, 0.5) is 0 Å². The maximum Gasteiger partial charge on any atom is 0.339 e. The lowest BCUT2D eigenvalue weighted by Crippen LogP contribution is -2.19. The number of carbonyl (C=O) groups excluding carboxylic acids is 1. The van der Waals surface area contributed by atoms with Crippen molar-refractivity contribution in [2.24, 2.45) is 4.40 Å². The van der Waals surface area contributed by atoms with Gasteiger partial charge in [0.2, 0.25) is 0 Å². The molecule has 7 heteroatoms. The predicted octanol–water partition coefficient (Wildman–Crippen LogP) is 5.16. The Kier molecular flexibility index (Phi) is 7.03. The van der Waals surface area contributed by atoms with Crippen molar-refractivity contribution < 1.29 is 13.7 Å². The lowest BCUT2D eigenvalue weighted by atomic mass is 10.2. The largest absolute Gasteiger partial charge is 0.465 e. The van der Waals surface area contributed by atoms with Crippen molar-refractivity contribution >= 4 is 46.5 Å². The number of hydrogen-bond donors (Lipinski definition) is 0. The first-order valence-corrected chi connectivity index (χ1v) is 10.1. The lowest BCUT2D eigenvalue weighted by molar-refractivity contribution is 0.0597. The molecule has 138 valence electrons. The molecule has 0 radical (unpaired) electrons. The molecule has 1 atom stereocenters. The zero-order valence-corrected chi connectivity index (χ0v) is 17.4. The number of rotatable bonds is 5. The van der Waals surface area contributed by atoms with Crippen molar-refractivity contribution in [1.82, 2.24) is 0 Å². The Morgan fingerprint density at radius 2 is 1.88 bits per heavy atom. The Morgan fingerprint density at radius 1 is 1.19 bits per heavy atom. The molecule has 1 unspecified atom stereocenters. The van der Waals surface area contributed by atoms with Gasteiger partial charge in [-0.3, -0.25) is 0 Å². The number of methoxy groups -OCH3 is 1. The van der Waals surface area contributed by atoms with E-state index in [0.29, 0.717) is 10.6 Å². The van der Waals surface area contributed by atoms with Crippen LogP contribution in [-0.2, 0) is 15.7 Å². The van der Waals surface area contributed by atoms with E-state index >= 15 is 0 Å². The van der Waals surface area contributed by atoms with Gasteiger partial charge in [-0.15, -0.1) is 0 Å². The molecule has 0 spiro atoms. The highest BCUT2D eigenvalue weighted by Crippen LogP contribution is 2.37. The van der Waals surface area contributed by atoms with Crippen molar-refractivity contribution in [3.05, 3.63) is 58.6 Å². The van der Waals surface area contributed by atoms with E-state index in [9.17, 15) is 9.00 Å². The summed E-state index contributed by atoms with van der Waals surface area (Å²) in [6, 6.07) is 12.6. The van der Waals surface area contributed by atoms with E-state index in [2.05, 4.69) is 4.40 Å². The average Bonchev–Trinajstić information content (AvgIpc) is 2.60. The van der Waals surface area contributed by atoms with Gasteiger partial charge in [0.1, 0.15) is 11.0 Å². The third kappa shape index (κ3) is 5.19. The number of esters is 1. The molecule has 0 aliphatic rings. The van der Waals surface area contributed by atoms with Gasteiger partial charge in [0.05, 0.1) is 22.4 Å². The Bertz CT molecular complexity index is 860. The number of halogens is 1. The molecule has 0 aliphatic heterocycles. The molecule has 0 aliphatic carbocycles. The summed E-state index contributed by atoms with van der Waals surface area (Å²) in [5, 5.41) is 0.528. The van der Waals surface area contributed by atoms with Gasteiger partial charge in [-0.2, -0.15) is 4.40 Å². The Labute approximate surface area is 165 Å². The molecule has 26 heavy (non-hydrogen) atoms. The van der Waals surface area contributed by atoms with Crippen LogP contribution in [0.15, 0.2) is 56.7 Å². The highest BCUT2D eigenvalue weighted by Gasteiger charge is 2.19. The molecule has 0 N–H and O–H groups in total. The fourth-order valence-corrected chi connectivity index (χ4v) is 3.80. The molecule has 2 aromatic carbocycles. The van der Waals surface area contributed by atoms with Crippen LogP contribution in [0.2, 0.25) is 5.02 Å². The molecule has 0 aromatic heterocycles. The van der Waals surface area contributed by atoms with E-state index in [1.165, 1.54) is 18.9 Å². The third-order valence-corrected chi connectivity index (χ3v) is 6.32. The standard InChI is InChI=1S/C19H20ClNO3S2/c1-19(2,3)26(23)21-12-13-8-7-10-15(20)17(13)25-16-11-6-5-9-14(16)18(22)24-4/h5-12H,1-4H3. The quantitative estimate of drug-likeness (QED) is 0.505. The molecular weight excluding hydrogens is 390 g/mol. The van der Waals surface area contributed by atoms with Crippen LogP contribution in [0.3, 0.4) is 0 Å². The van der Waals surface area contributed by atoms with E-state index in [1.807, 2.05) is 39.0 Å². The third-order valence-electron chi connectivity index (χ3n) is 3.31. The average molecular weight is 410 g/mol. The maximum absolute atomic E-state index is 12.2. The summed E-state index contributed by atoms with van der Waals surface area (Å²) in [4.78, 5) is 13.4. The van der Waals surface area contributed by atoms with E-state index in [-0.39, 0.29) is 0 Å². The first-order chi connectivity index (χ1) is 12.2. The molecule has 2 rings (SSSR count). The van der Waals surface area contributed by atoms with Gasteiger partial charge in [-0.25, -0.2) is 9.00 Å². The lowest BCUT2D eigenvalue weighted by Gasteiger charge is -2.13. The zero-order chi connectivity index (χ0) is 19.3. The Balaban J connectivity index is 2.42. The van der Waals surface area contributed by atoms with Gasteiger partial charge in [-0.05, 0) is 39.0 Å². The SMILES string of the molecule is COC(=O)c1ccccc1Sc1c(Cl)cccc1C=NS(=O)C(C)(C)C. The van der Waals surface area contributed by atoms with Crippen molar-refractivity contribution in [2.45, 2.75) is 35.3 Å². The second-order valence-corrected chi connectivity index (χ2v) is 9.74. The van der Waals surface area contributed by atoms with Gasteiger partial charge in [-0.1, -0.05) is 47.6 Å². The van der Waals surface area contributed by atoms with E-state index in [4.69, 9.17) is 16.3 Å². The first-order valence-electron chi connectivity index (χ1n) is 7.84. The number of ether oxygens (including phenoxy) is 1. The smallest absolute Gasteiger partial charge is 0.339 e. The minimum Gasteiger partial charge on any atom is -0.465 e. The zero-order valence-electron chi connectivity index (χ0n) is 15.0.